The molecule has 20 heavy (non-hydrogen) atoms. The van der Waals surface area contributed by atoms with Crippen molar-refractivity contribution in [2.45, 2.75) is 59.9 Å². The Morgan fingerprint density at radius 3 is 2.25 bits per heavy atom. The molecule has 4 heteroatoms. The van der Waals surface area contributed by atoms with Crippen LogP contribution in [0.3, 0.4) is 0 Å². The van der Waals surface area contributed by atoms with Crippen LogP contribution in [-0.4, -0.2) is 17.2 Å². The summed E-state index contributed by atoms with van der Waals surface area (Å²) in [5.41, 5.74) is 0.465. The fourth-order valence-electron chi connectivity index (χ4n) is 3.14. The molecule has 0 amide bonds. The summed E-state index contributed by atoms with van der Waals surface area (Å²) in [5.74, 6) is 0.514. The third-order valence-electron chi connectivity index (χ3n) is 4.17. The summed E-state index contributed by atoms with van der Waals surface area (Å²) in [5, 5.41) is 9.29. The van der Waals surface area contributed by atoms with Crippen molar-refractivity contribution >= 4 is 11.7 Å². The van der Waals surface area contributed by atoms with E-state index in [1.54, 1.807) is 0 Å². The molecule has 0 N–H and O–H groups in total. The minimum atomic E-state index is -0.682. The maximum absolute atomic E-state index is 11.8. The first-order valence-electron chi connectivity index (χ1n) is 6.95. The first-order valence-corrected chi connectivity index (χ1v) is 6.95. The first-order chi connectivity index (χ1) is 9.01. The van der Waals surface area contributed by atoms with E-state index in [9.17, 15) is 10.1 Å². The quantitative estimate of drug-likeness (QED) is 0.688. The molecule has 108 valence electrons. The Balaban J connectivity index is 2.45. The van der Waals surface area contributed by atoms with E-state index in [4.69, 9.17) is 4.74 Å². The number of ether oxygens (including phenoxy) is 1. The number of allylic oxidation sites excluding steroid dienone is 2. The molecular formula is C16H22N2O2. The van der Waals surface area contributed by atoms with Gasteiger partial charge < -0.3 is 4.74 Å². The van der Waals surface area contributed by atoms with Gasteiger partial charge in [0.2, 0.25) is 0 Å². The number of carbonyl (C=O) groups is 1. The van der Waals surface area contributed by atoms with Crippen molar-refractivity contribution in [1.82, 2.24) is 0 Å². The lowest BCUT2D eigenvalue weighted by Crippen LogP contribution is -2.24. The van der Waals surface area contributed by atoms with Crippen LogP contribution in [0.1, 0.15) is 54.4 Å². The summed E-state index contributed by atoms with van der Waals surface area (Å²) in [6.45, 7) is 11.7. The van der Waals surface area contributed by atoms with Gasteiger partial charge in [0, 0.05) is 23.1 Å². The van der Waals surface area contributed by atoms with Crippen molar-refractivity contribution in [2.24, 2.45) is 15.8 Å². The third kappa shape index (κ3) is 2.26. The van der Waals surface area contributed by atoms with E-state index in [1.165, 1.54) is 0 Å². The van der Waals surface area contributed by atoms with Crippen LogP contribution in [-0.2, 0) is 9.53 Å². The molecule has 1 fully saturated rings. The molecular weight excluding hydrogens is 252 g/mol. The number of cyclic esters (lactones) is 1. The number of esters is 1. The van der Waals surface area contributed by atoms with Gasteiger partial charge in [-0.15, -0.1) is 0 Å². The summed E-state index contributed by atoms with van der Waals surface area (Å²) >= 11 is 0. The van der Waals surface area contributed by atoms with Gasteiger partial charge >= 0.3 is 5.97 Å². The molecule has 1 atom stereocenters. The molecule has 4 nitrogen and oxygen atoms in total. The second-order valence-electron chi connectivity index (χ2n) is 7.41. The van der Waals surface area contributed by atoms with Crippen molar-refractivity contribution < 1.29 is 9.53 Å². The Hall–Kier alpha value is -1.63. The van der Waals surface area contributed by atoms with Gasteiger partial charge in [-0.05, 0) is 34.1 Å². The van der Waals surface area contributed by atoms with Crippen LogP contribution >= 0.6 is 0 Å². The second-order valence-corrected chi connectivity index (χ2v) is 7.41. The maximum atomic E-state index is 11.8. The Kier molecular flexibility index (Phi) is 3.09. The highest BCUT2D eigenvalue weighted by Crippen LogP contribution is 2.44. The average molecular weight is 274 g/mol. The van der Waals surface area contributed by atoms with Gasteiger partial charge in [-0.2, -0.15) is 5.26 Å². The minimum Gasteiger partial charge on any atom is -0.430 e. The third-order valence-corrected chi connectivity index (χ3v) is 4.17. The molecule has 2 heterocycles. The lowest BCUT2D eigenvalue weighted by Gasteiger charge is -2.22. The summed E-state index contributed by atoms with van der Waals surface area (Å²) in [6.07, 6.45) is 1.28. The Morgan fingerprint density at radius 1 is 1.25 bits per heavy atom. The smallest absolute Gasteiger partial charge is 0.317 e. The van der Waals surface area contributed by atoms with Crippen molar-refractivity contribution in [3.8, 4) is 6.07 Å². The Morgan fingerprint density at radius 2 is 1.85 bits per heavy atom. The molecule has 0 aromatic heterocycles. The van der Waals surface area contributed by atoms with Crippen LogP contribution in [0.5, 0.6) is 0 Å². The molecule has 0 saturated carbocycles. The van der Waals surface area contributed by atoms with Crippen LogP contribution < -0.4 is 0 Å². The molecule has 1 saturated heterocycles. The molecule has 2 rings (SSSR count). The van der Waals surface area contributed by atoms with E-state index in [0.29, 0.717) is 18.6 Å². The van der Waals surface area contributed by atoms with Gasteiger partial charge in [0.05, 0.1) is 11.5 Å². The topological polar surface area (TPSA) is 62.5 Å². The van der Waals surface area contributed by atoms with E-state index >= 15 is 0 Å². The van der Waals surface area contributed by atoms with E-state index in [-0.39, 0.29) is 11.4 Å². The standard InChI is InChI=1S/C16H22N2O2/c1-10(11-7-14(2,3)13(19)20-11)12-15(4,5)8-16(6,9-17)18-12/h7-8H2,1-6H3/b11-10+. The van der Waals surface area contributed by atoms with Crippen LogP contribution in [0.4, 0.5) is 0 Å². The molecule has 0 spiro atoms. The zero-order valence-electron chi connectivity index (χ0n) is 13.1. The van der Waals surface area contributed by atoms with Crippen LogP contribution in [0.25, 0.3) is 0 Å². The SMILES string of the molecule is C/C(C1=NC(C)(C#N)CC1(C)C)=C1/CC(C)(C)C(=O)O1. The summed E-state index contributed by atoms with van der Waals surface area (Å²) < 4.78 is 5.42. The molecule has 2 aliphatic heterocycles. The Labute approximate surface area is 120 Å². The second kappa shape index (κ2) is 4.18. The van der Waals surface area contributed by atoms with Crippen molar-refractivity contribution in [2.75, 3.05) is 0 Å². The van der Waals surface area contributed by atoms with Gasteiger partial charge in [0.25, 0.3) is 0 Å². The van der Waals surface area contributed by atoms with Crippen molar-refractivity contribution in [1.29, 1.82) is 5.26 Å². The predicted octanol–water partition coefficient (Wildman–Crippen LogP) is 3.39. The normalized spacial score (nSPS) is 33.5. The summed E-state index contributed by atoms with van der Waals surface area (Å²) in [6, 6.07) is 2.28. The fraction of sp³-hybridized carbons (Fsp3) is 0.688. The number of aliphatic imine (C=N–C) groups is 1. The number of carbonyl (C=O) groups excluding carboxylic acids is 1. The lowest BCUT2D eigenvalue weighted by molar-refractivity contribution is -0.142. The van der Waals surface area contributed by atoms with Gasteiger partial charge in [-0.3, -0.25) is 9.79 Å². The molecule has 1 unspecified atom stereocenters. The summed E-state index contributed by atoms with van der Waals surface area (Å²) in [4.78, 5) is 16.4. The zero-order valence-corrected chi connectivity index (χ0v) is 13.1. The maximum Gasteiger partial charge on any atom is 0.317 e. The van der Waals surface area contributed by atoms with Crippen molar-refractivity contribution in [3.63, 3.8) is 0 Å². The molecule has 0 aromatic carbocycles. The highest BCUT2D eigenvalue weighted by atomic mass is 16.5. The van der Waals surface area contributed by atoms with E-state index in [1.807, 2.05) is 27.7 Å². The number of hydrogen-bond donors (Lipinski definition) is 0. The molecule has 0 aliphatic carbocycles. The number of nitrogens with zero attached hydrogens (tertiary/aromatic N) is 2. The molecule has 0 radical (unpaired) electrons. The highest BCUT2D eigenvalue weighted by Gasteiger charge is 2.46. The molecule has 0 bridgehead atoms. The first kappa shape index (κ1) is 14.8. The zero-order chi connectivity index (χ0) is 15.3. The molecule has 2 aliphatic rings. The number of hydrogen-bond acceptors (Lipinski definition) is 4. The van der Waals surface area contributed by atoms with Crippen LogP contribution in [0, 0.1) is 22.2 Å². The van der Waals surface area contributed by atoms with Crippen molar-refractivity contribution in [3.05, 3.63) is 11.3 Å². The van der Waals surface area contributed by atoms with E-state index < -0.39 is 11.0 Å². The van der Waals surface area contributed by atoms with Crippen LogP contribution in [0.15, 0.2) is 16.3 Å². The lowest BCUT2D eigenvalue weighted by atomic mass is 9.78. The van der Waals surface area contributed by atoms with Crippen LogP contribution in [0.2, 0.25) is 0 Å². The predicted molar refractivity (Wildman–Crippen MR) is 77.0 cm³/mol. The number of rotatable bonds is 1. The number of nitriles is 1. The monoisotopic (exact) mass is 274 g/mol. The minimum absolute atomic E-state index is 0.180. The van der Waals surface area contributed by atoms with E-state index in [0.717, 1.165) is 11.3 Å². The average Bonchev–Trinajstić information content (AvgIpc) is 2.73. The van der Waals surface area contributed by atoms with Gasteiger partial charge in [-0.1, -0.05) is 13.8 Å². The van der Waals surface area contributed by atoms with E-state index in [2.05, 4.69) is 24.9 Å². The summed E-state index contributed by atoms with van der Waals surface area (Å²) in [7, 11) is 0. The van der Waals surface area contributed by atoms with Gasteiger partial charge in [0.15, 0.2) is 0 Å². The Bertz CT molecular complexity index is 576. The fourth-order valence-corrected chi connectivity index (χ4v) is 3.14. The largest absolute Gasteiger partial charge is 0.430 e. The van der Waals surface area contributed by atoms with Gasteiger partial charge in [-0.25, -0.2) is 0 Å². The highest BCUT2D eigenvalue weighted by molar-refractivity contribution is 6.06. The molecule has 0 aromatic rings. The van der Waals surface area contributed by atoms with Gasteiger partial charge in [0.1, 0.15) is 11.3 Å².